The van der Waals surface area contributed by atoms with Crippen LogP contribution in [0.2, 0.25) is 0 Å². The van der Waals surface area contributed by atoms with Crippen molar-refractivity contribution in [2.24, 2.45) is 0 Å². The van der Waals surface area contributed by atoms with Gasteiger partial charge in [-0.15, -0.1) is 0 Å². The van der Waals surface area contributed by atoms with E-state index in [1.807, 2.05) is 0 Å². The van der Waals surface area contributed by atoms with Crippen LogP contribution in [0.15, 0.2) is 46.2 Å². The molecule has 4 rings (SSSR count). The van der Waals surface area contributed by atoms with Crippen LogP contribution in [0, 0.1) is 26.5 Å². The zero-order valence-corrected chi connectivity index (χ0v) is 34.0. The summed E-state index contributed by atoms with van der Waals surface area (Å²) in [6, 6.07) is 7.71. The SMILES string of the molecule is Cc1n[c-]nc(Nc2ccc(C=Cc3ccc(Nc4n[c-]nc(C)n4)cc3S(=O)(=O)[O-])c(S(=O)(=O)[O-])c2)n1.[Na+].[Na+].[Y].[Y]. The van der Waals surface area contributed by atoms with E-state index in [4.69, 9.17) is 0 Å². The summed E-state index contributed by atoms with van der Waals surface area (Å²) in [6.07, 6.45) is 7.16. The molecule has 2 radical (unpaired) electrons. The van der Waals surface area contributed by atoms with Gasteiger partial charge >= 0.3 is 59.1 Å². The van der Waals surface area contributed by atoms with Crippen LogP contribution >= 0.6 is 0 Å². The normalized spacial score (nSPS) is 10.9. The largest absolute Gasteiger partial charge is 1.00 e. The third kappa shape index (κ3) is 12.0. The molecule has 2 aromatic carbocycles. The van der Waals surface area contributed by atoms with Gasteiger partial charge in [0.1, 0.15) is 32.1 Å². The van der Waals surface area contributed by atoms with E-state index in [0.717, 1.165) is 12.1 Å². The fraction of sp³-hybridized carbons (Fsp3) is 0.0909. The maximum Gasteiger partial charge on any atom is 1.00 e. The van der Waals surface area contributed by atoms with E-state index in [1.165, 1.54) is 36.4 Å². The van der Waals surface area contributed by atoms with Gasteiger partial charge in [-0.2, -0.15) is 0 Å². The van der Waals surface area contributed by atoms with Crippen molar-refractivity contribution < 1.29 is 150 Å². The first kappa shape index (κ1) is 41.8. The number of nitrogens with zero attached hydrogens (tertiary/aromatic N) is 6. The number of nitrogens with one attached hydrogen (secondary N) is 2. The van der Waals surface area contributed by atoms with Crippen molar-refractivity contribution in [3.05, 3.63) is 71.8 Å². The summed E-state index contributed by atoms with van der Waals surface area (Å²) in [6.45, 7) is 3.21. The molecule has 2 heterocycles. The molecule has 0 aliphatic heterocycles. The molecule has 14 nitrogen and oxygen atoms in total. The molecular weight excluding hydrogens is 760 g/mol. The summed E-state index contributed by atoms with van der Waals surface area (Å²) in [5.41, 5.74) is 0.299. The second-order valence-electron chi connectivity index (χ2n) is 7.61. The number of benzene rings is 2. The quantitative estimate of drug-likeness (QED) is 0.0751. The summed E-state index contributed by atoms with van der Waals surface area (Å²) in [5.74, 6) is 0.898. The predicted octanol–water partition coefficient (Wildman–Crippen LogP) is -4.26. The van der Waals surface area contributed by atoms with Crippen molar-refractivity contribution in [2.75, 3.05) is 10.6 Å². The van der Waals surface area contributed by atoms with Crippen LogP contribution in [0.1, 0.15) is 22.8 Å². The molecule has 0 spiro atoms. The van der Waals surface area contributed by atoms with Crippen LogP contribution < -0.4 is 69.7 Å². The molecule has 202 valence electrons. The molecule has 20 heteroatoms. The van der Waals surface area contributed by atoms with Crippen LogP contribution in [0.25, 0.3) is 12.2 Å². The number of hydrogen-bond donors (Lipinski definition) is 2. The van der Waals surface area contributed by atoms with Crippen LogP contribution in [-0.4, -0.2) is 55.8 Å². The van der Waals surface area contributed by atoms with Gasteiger partial charge in [0.15, 0.2) is 0 Å². The van der Waals surface area contributed by atoms with Crippen molar-refractivity contribution in [1.82, 2.24) is 29.9 Å². The molecule has 2 N–H and O–H groups in total. The zero-order chi connectivity index (χ0) is 27.5. The van der Waals surface area contributed by atoms with Crippen molar-refractivity contribution in [1.29, 1.82) is 0 Å². The first-order chi connectivity index (χ1) is 17.9. The molecule has 0 fully saturated rings. The molecule has 0 saturated heterocycles. The number of aryl methyl sites for hydroxylation is 2. The zero-order valence-electron chi connectivity index (χ0n) is 22.7. The Balaban J connectivity index is 0.00000420. The minimum absolute atomic E-state index is 0. The van der Waals surface area contributed by atoms with Crippen LogP contribution in [-0.2, 0) is 85.7 Å². The van der Waals surface area contributed by atoms with Gasteiger partial charge in [-0.3, -0.25) is 0 Å². The first-order valence-corrected chi connectivity index (χ1v) is 13.3. The second kappa shape index (κ2) is 18.1. The van der Waals surface area contributed by atoms with Gasteiger partial charge in [0, 0.05) is 101 Å². The van der Waals surface area contributed by atoms with Crippen molar-refractivity contribution in [3.63, 3.8) is 0 Å². The predicted molar refractivity (Wildman–Crippen MR) is 131 cm³/mol. The third-order valence-corrected chi connectivity index (χ3v) is 6.58. The molecule has 2 aromatic heterocycles. The van der Waals surface area contributed by atoms with Gasteiger partial charge in [-0.25, -0.2) is 16.8 Å². The standard InChI is InChI=1S/C22H18N8O6S2.2Na.2Y/c1-13-23-11-25-21(27-13)29-17-7-5-15(19(9-17)37(31,32)33)3-4-16-6-8-18(10-20(16)38(34,35)36)30-22-26-12-24-14(2)28-22;;;;/h3-10H,1-2H3,(H,31,32,33)(H,34,35,36)(H,23,25,27,29)(H,24,26,28,30);;;;/q-2;2*+1;;/p-2. The molecule has 4 aromatic rings. The molecule has 0 unspecified atom stereocenters. The summed E-state index contributed by atoms with van der Waals surface area (Å²) in [4.78, 5) is 21.9. The van der Waals surface area contributed by atoms with Gasteiger partial charge in [-0.1, -0.05) is 38.1 Å². The molecule has 42 heavy (non-hydrogen) atoms. The fourth-order valence-electron chi connectivity index (χ4n) is 3.18. The van der Waals surface area contributed by atoms with Crippen LogP contribution in [0.5, 0.6) is 0 Å². The minimum Gasteiger partial charge on any atom is -0.744 e. The summed E-state index contributed by atoms with van der Waals surface area (Å²) in [5, 5.41) is 5.50. The van der Waals surface area contributed by atoms with E-state index in [9.17, 15) is 25.9 Å². The average Bonchev–Trinajstić information content (AvgIpc) is 2.82. The maximum absolute atomic E-state index is 12.0. The van der Waals surface area contributed by atoms with Gasteiger partial charge in [-0.05, 0) is 35.4 Å². The van der Waals surface area contributed by atoms with Gasteiger partial charge in [0.2, 0.25) is 0 Å². The van der Waals surface area contributed by atoms with Gasteiger partial charge < -0.3 is 49.6 Å². The van der Waals surface area contributed by atoms with Crippen molar-refractivity contribution in [2.45, 2.75) is 23.6 Å². The minimum atomic E-state index is -4.96. The van der Waals surface area contributed by atoms with Gasteiger partial charge in [0.05, 0.1) is 9.79 Å². The Morgan fingerprint density at radius 3 is 1.33 bits per heavy atom. The van der Waals surface area contributed by atoms with Crippen LogP contribution in [0.3, 0.4) is 0 Å². The summed E-state index contributed by atoms with van der Waals surface area (Å²) >= 11 is 0. The molecule has 0 atom stereocenters. The Labute approximate surface area is 337 Å². The molecule has 0 aliphatic rings. The fourth-order valence-corrected chi connectivity index (χ4v) is 4.57. The van der Waals surface area contributed by atoms with Gasteiger partial charge in [0.25, 0.3) is 0 Å². The Morgan fingerprint density at radius 1 is 0.667 bits per heavy atom. The van der Waals surface area contributed by atoms with Crippen LogP contribution in [0.4, 0.5) is 23.3 Å². The van der Waals surface area contributed by atoms with Crippen molar-refractivity contribution in [3.8, 4) is 0 Å². The second-order valence-corrected chi connectivity index (χ2v) is 10.3. The molecule has 0 bridgehead atoms. The Bertz CT molecular complexity index is 1660. The van der Waals surface area contributed by atoms with E-state index in [-0.39, 0.29) is 159 Å². The monoisotopic (exact) mass is 776 g/mol. The Hall–Kier alpha value is -0.172. The maximum atomic E-state index is 12.0. The summed E-state index contributed by atoms with van der Waals surface area (Å²) in [7, 11) is -9.92. The number of hydrogen-bond acceptors (Lipinski definition) is 14. The van der Waals surface area contributed by atoms with Crippen molar-refractivity contribution >= 4 is 55.7 Å². The third-order valence-electron chi connectivity index (χ3n) is 4.79. The smallest absolute Gasteiger partial charge is 0.744 e. The average molecular weight is 776 g/mol. The summed E-state index contributed by atoms with van der Waals surface area (Å²) < 4.78 is 71.7. The first-order valence-electron chi connectivity index (χ1n) is 10.5. The Morgan fingerprint density at radius 2 is 1.02 bits per heavy atom. The van der Waals surface area contributed by atoms with E-state index in [0.29, 0.717) is 11.6 Å². The van der Waals surface area contributed by atoms with E-state index in [2.05, 4.69) is 53.2 Å². The number of anilines is 4. The van der Waals surface area contributed by atoms with E-state index < -0.39 is 30.0 Å². The molecule has 0 aliphatic carbocycles. The van der Waals surface area contributed by atoms with E-state index in [1.54, 1.807) is 13.8 Å². The topological polar surface area (TPSA) is 216 Å². The number of aromatic nitrogens is 6. The molecule has 0 saturated carbocycles. The van der Waals surface area contributed by atoms with E-state index >= 15 is 0 Å². The molecular formula is C22H16N8Na2O6S2Y2-2. The molecule has 0 amide bonds. The Kier molecular flexibility index (Phi) is 18.0. The number of rotatable bonds is 8.